The minimum Gasteiger partial charge on any atom is -0.338 e. The van der Waals surface area contributed by atoms with Crippen LogP contribution >= 0.6 is 0 Å². The van der Waals surface area contributed by atoms with Gasteiger partial charge in [0.15, 0.2) is 0 Å². The maximum Gasteiger partial charge on any atom is 0.315 e. The SMILES string of the molecule is CC/C(=C\C(=N)CCCNC(=O)NC1(C)CC2CC(C)CC(C2)C1)c1ccccc1.Cc1ccc(N=O)cc1. The highest BCUT2D eigenvalue weighted by molar-refractivity contribution is 5.98. The molecular weight excluding hydrogens is 484 g/mol. The van der Waals surface area contributed by atoms with E-state index < -0.39 is 0 Å². The number of carbonyl (C=O) groups is 1. The van der Waals surface area contributed by atoms with E-state index in [0.717, 1.165) is 49.0 Å². The Bertz CT molecular complexity index is 1090. The molecule has 0 heterocycles. The average Bonchev–Trinajstić information content (AvgIpc) is 2.90. The summed E-state index contributed by atoms with van der Waals surface area (Å²) in [6, 6.07) is 17.3. The van der Waals surface area contributed by atoms with Crippen molar-refractivity contribution in [1.29, 1.82) is 5.41 Å². The molecule has 2 bridgehead atoms. The molecule has 4 rings (SSSR count). The van der Waals surface area contributed by atoms with Gasteiger partial charge in [-0.1, -0.05) is 61.9 Å². The Balaban J connectivity index is 0.000000395. The maximum atomic E-state index is 12.5. The number of allylic oxidation sites excluding steroid dienone is 2. The number of aryl methyl sites for hydroxylation is 1. The summed E-state index contributed by atoms with van der Waals surface area (Å²) < 4.78 is 0. The quantitative estimate of drug-likeness (QED) is 0.172. The molecule has 39 heavy (non-hydrogen) atoms. The molecule has 2 aromatic rings. The van der Waals surface area contributed by atoms with E-state index in [1.165, 1.54) is 30.4 Å². The number of urea groups is 1. The molecular formula is C33H46N4O2. The number of benzene rings is 2. The molecule has 6 heteroatoms. The normalized spacial score (nSPS) is 24.1. The van der Waals surface area contributed by atoms with Crippen molar-refractivity contribution in [2.75, 3.05) is 6.54 Å². The van der Waals surface area contributed by atoms with Crippen LogP contribution in [0.25, 0.3) is 5.57 Å². The molecule has 0 spiro atoms. The van der Waals surface area contributed by atoms with Crippen molar-refractivity contribution in [2.45, 2.75) is 84.6 Å². The first-order valence-corrected chi connectivity index (χ1v) is 14.5. The van der Waals surface area contributed by atoms with Gasteiger partial charge in [0.05, 0.1) is 0 Å². The van der Waals surface area contributed by atoms with E-state index >= 15 is 0 Å². The fourth-order valence-electron chi connectivity index (χ4n) is 6.42. The van der Waals surface area contributed by atoms with E-state index in [0.29, 0.717) is 24.4 Å². The molecule has 2 aromatic carbocycles. The highest BCUT2D eigenvalue weighted by atomic mass is 16.3. The van der Waals surface area contributed by atoms with E-state index in [-0.39, 0.29) is 11.6 Å². The molecule has 2 amide bonds. The summed E-state index contributed by atoms with van der Waals surface area (Å²) >= 11 is 0. The first-order valence-electron chi connectivity index (χ1n) is 14.5. The Morgan fingerprint density at radius 2 is 1.69 bits per heavy atom. The smallest absolute Gasteiger partial charge is 0.315 e. The molecule has 0 saturated heterocycles. The third-order valence-electron chi connectivity index (χ3n) is 7.95. The van der Waals surface area contributed by atoms with Crippen LogP contribution in [0.3, 0.4) is 0 Å². The second kappa shape index (κ2) is 14.8. The van der Waals surface area contributed by atoms with Gasteiger partial charge in [-0.15, -0.1) is 4.91 Å². The van der Waals surface area contributed by atoms with Crippen molar-refractivity contribution in [2.24, 2.45) is 22.9 Å². The zero-order valence-electron chi connectivity index (χ0n) is 24.1. The van der Waals surface area contributed by atoms with Crippen LogP contribution < -0.4 is 10.6 Å². The van der Waals surface area contributed by atoms with Crippen molar-refractivity contribution in [1.82, 2.24) is 10.6 Å². The molecule has 2 fully saturated rings. The molecule has 0 aromatic heterocycles. The standard InChI is InChI=1S/C26H39N3O.C7H7NO/c1-4-22(23-9-6-5-7-10-23)16-24(27)11-8-12-28-25(30)29-26(3)17-20-13-19(2)14-21(15-20)18-26;1-6-2-4-7(8-9)5-3-6/h5-7,9-10,16,19-21,27H,4,8,11-15,17-18H2,1-3H3,(H2,28,29,30);2-5H,1H3/b22-16+,27-24?;. The number of amides is 2. The van der Waals surface area contributed by atoms with Crippen LogP contribution in [0.2, 0.25) is 0 Å². The Kier molecular flexibility index (Phi) is 11.5. The van der Waals surface area contributed by atoms with Crippen molar-refractivity contribution >= 4 is 23.0 Å². The molecule has 6 nitrogen and oxygen atoms in total. The van der Waals surface area contributed by atoms with E-state index in [4.69, 9.17) is 5.41 Å². The summed E-state index contributed by atoms with van der Waals surface area (Å²) in [5.74, 6) is 2.37. The van der Waals surface area contributed by atoms with Gasteiger partial charge in [0, 0.05) is 17.8 Å². The van der Waals surface area contributed by atoms with E-state index in [9.17, 15) is 9.70 Å². The molecule has 2 aliphatic carbocycles. The molecule has 2 unspecified atom stereocenters. The van der Waals surface area contributed by atoms with Crippen LogP contribution in [0.1, 0.15) is 83.3 Å². The highest BCUT2D eigenvalue weighted by Crippen LogP contribution is 2.46. The number of nitroso groups, excluding NO2 is 1. The third-order valence-corrected chi connectivity index (χ3v) is 7.95. The van der Waals surface area contributed by atoms with E-state index in [1.54, 1.807) is 12.1 Å². The minimum absolute atomic E-state index is 0.0499. The summed E-state index contributed by atoms with van der Waals surface area (Å²) in [6.45, 7) is 9.29. The van der Waals surface area contributed by atoms with Gasteiger partial charge in [-0.05, 0) is 117 Å². The zero-order chi connectivity index (χ0) is 28.3. The van der Waals surface area contributed by atoms with Crippen molar-refractivity contribution in [3.63, 3.8) is 0 Å². The summed E-state index contributed by atoms with van der Waals surface area (Å²) in [7, 11) is 0. The first kappa shape index (κ1) is 30.3. The van der Waals surface area contributed by atoms with Gasteiger partial charge < -0.3 is 16.0 Å². The maximum absolute atomic E-state index is 12.5. The zero-order valence-corrected chi connectivity index (χ0v) is 24.1. The van der Waals surface area contributed by atoms with E-state index in [1.807, 2.05) is 43.3 Å². The molecule has 0 aliphatic heterocycles. The second-order valence-corrected chi connectivity index (χ2v) is 11.8. The van der Waals surface area contributed by atoms with Gasteiger partial charge >= 0.3 is 6.03 Å². The van der Waals surface area contributed by atoms with Crippen LogP contribution in [0, 0.1) is 35.0 Å². The summed E-state index contributed by atoms with van der Waals surface area (Å²) in [5.41, 5.74) is 4.56. The molecule has 0 radical (unpaired) electrons. The van der Waals surface area contributed by atoms with Crippen LogP contribution in [-0.4, -0.2) is 23.8 Å². The van der Waals surface area contributed by atoms with Crippen LogP contribution in [-0.2, 0) is 0 Å². The number of hydrogen-bond donors (Lipinski definition) is 3. The Hall–Kier alpha value is -3.28. The summed E-state index contributed by atoms with van der Waals surface area (Å²) in [6.07, 6.45) is 10.5. The number of rotatable bonds is 9. The fraction of sp³-hybridized carbons (Fsp3) is 0.515. The highest BCUT2D eigenvalue weighted by Gasteiger charge is 2.41. The van der Waals surface area contributed by atoms with Crippen molar-refractivity contribution in [3.8, 4) is 0 Å². The minimum atomic E-state index is -0.0705. The molecule has 210 valence electrons. The van der Waals surface area contributed by atoms with Crippen molar-refractivity contribution in [3.05, 3.63) is 76.7 Å². The van der Waals surface area contributed by atoms with Gasteiger partial charge in [0.25, 0.3) is 0 Å². The number of hydrogen-bond acceptors (Lipinski definition) is 4. The largest absolute Gasteiger partial charge is 0.338 e. The van der Waals surface area contributed by atoms with Crippen LogP contribution in [0.4, 0.5) is 10.5 Å². The lowest BCUT2D eigenvalue weighted by atomic mass is 9.63. The predicted octanol–water partition coefficient (Wildman–Crippen LogP) is 8.58. The number of nitrogens with zero attached hydrogens (tertiary/aromatic N) is 1. The van der Waals surface area contributed by atoms with Gasteiger partial charge in [0.2, 0.25) is 0 Å². The number of fused-ring (bicyclic) bond motifs is 2. The first-order chi connectivity index (χ1) is 18.7. The molecule has 3 N–H and O–H groups in total. The number of carbonyl (C=O) groups excluding carboxylic acids is 1. The third kappa shape index (κ3) is 10.1. The van der Waals surface area contributed by atoms with Crippen LogP contribution in [0.15, 0.2) is 65.9 Å². The predicted molar refractivity (Wildman–Crippen MR) is 162 cm³/mol. The van der Waals surface area contributed by atoms with E-state index in [2.05, 4.69) is 48.7 Å². The Labute approximate surface area is 234 Å². The Morgan fingerprint density at radius 3 is 2.28 bits per heavy atom. The summed E-state index contributed by atoms with van der Waals surface area (Å²) in [5, 5.41) is 17.3. The average molecular weight is 531 g/mol. The van der Waals surface area contributed by atoms with Gasteiger partial charge in [-0.25, -0.2) is 4.79 Å². The van der Waals surface area contributed by atoms with Gasteiger partial charge in [0.1, 0.15) is 5.69 Å². The van der Waals surface area contributed by atoms with Crippen molar-refractivity contribution < 1.29 is 4.79 Å². The lowest BCUT2D eigenvalue weighted by molar-refractivity contribution is 0.0784. The van der Waals surface area contributed by atoms with Gasteiger partial charge in [-0.2, -0.15) is 0 Å². The summed E-state index contributed by atoms with van der Waals surface area (Å²) in [4.78, 5) is 22.3. The molecule has 2 atom stereocenters. The fourth-order valence-corrected chi connectivity index (χ4v) is 6.42. The van der Waals surface area contributed by atoms with Gasteiger partial charge in [-0.3, -0.25) is 0 Å². The topological polar surface area (TPSA) is 94.4 Å². The van der Waals surface area contributed by atoms with Crippen LogP contribution in [0.5, 0.6) is 0 Å². The lowest BCUT2D eigenvalue weighted by Gasteiger charge is -2.47. The monoisotopic (exact) mass is 530 g/mol. The number of nitrogens with one attached hydrogen (secondary N) is 3. The lowest BCUT2D eigenvalue weighted by Crippen LogP contribution is -2.55. The Morgan fingerprint density at radius 1 is 1.05 bits per heavy atom. The second-order valence-electron chi connectivity index (χ2n) is 11.8. The molecule has 2 saturated carbocycles. The molecule has 2 aliphatic rings.